The van der Waals surface area contributed by atoms with Gasteiger partial charge < -0.3 is 15.6 Å². The molecule has 0 radical (unpaired) electrons. The van der Waals surface area contributed by atoms with Crippen molar-refractivity contribution < 1.29 is 9.84 Å². The molecule has 1 aromatic carbocycles. The van der Waals surface area contributed by atoms with E-state index in [4.69, 9.17) is 10.5 Å². The van der Waals surface area contributed by atoms with Crippen LogP contribution in [0.4, 0.5) is 0 Å². The number of para-hydroxylation sites is 1. The van der Waals surface area contributed by atoms with Crippen LogP contribution in [0.1, 0.15) is 5.56 Å². The number of halogens is 1. The molecule has 1 rings (SSSR count). The van der Waals surface area contributed by atoms with Gasteiger partial charge in [0.2, 0.25) is 0 Å². The van der Waals surface area contributed by atoms with E-state index in [1.54, 1.807) is 7.11 Å². The summed E-state index contributed by atoms with van der Waals surface area (Å²) in [6.07, 6.45) is -0.00255. The second-order valence-electron chi connectivity index (χ2n) is 3.03. The van der Waals surface area contributed by atoms with Gasteiger partial charge in [-0.2, -0.15) is 0 Å². The van der Waals surface area contributed by atoms with E-state index in [1.807, 2.05) is 18.2 Å². The highest BCUT2D eigenvalue weighted by atomic mass is 79.9. The SMILES string of the molecule is COc1c(Br)cccc1CC(O)CN. The van der Waals surface area contributed by atoms with Crippen molar-refractivity contribution in [3.8, 4) is 5.75 Å². The topological polar surface area (TPSA) is 55.5 Å². The number of benzene rings is 1. The maximum absolute atomic E-state index is 9.43. The molecule has 0 heterocycles. The molecule has 3 N–H and O–H groups in total. The molecular formula is C10H14BrNO2. The first-order chi connectivity index (χ1) is 6.69. The molecule has 1 aromatic rings. The first-order valence-corrected chi connectivity index (χ1v) is 5.17. The zero-order valence-electron chi connectivity index (χ0n) is 8.03. The van der Waals surface area contributed by atoms with Gasteiger partial charge in [-0.1, -0.05) is 12.1 Å². The fraction of sp³-hybridized carbons (Fsp3) is 0.400. The van der Waals surface area contributed by atoms with E-state index in [2.05, 4.69) is 15.9 Å². The van der Waals surface area contributed by atoms with Crippen molar-refractivity contribution in [3.63, 3.8) is 0 Å². The van der Waals surface area contributed by atoms with E-state index in [-0.39, 0.29) is 6.54 Å². The largest absolute Gasteiger partial charge is 0.495 e. The van der Waals surface area contributed by atoms with E-state index in [0.29, 0.717) is 6.42 Å². The maximum Gasteiger partial charge on any atom is 0.136 e. The first-order valence-electron chi connectivity index (χ1n) is 4.38. The number of methoxy groups -OCH3 is 1. The van der Waals surface area contributed by atoms with Crippen LogP contribution in [0, 0.1) is 0 Å². The van der Waals surface area contributed by atoms with Crippen LogP contribution in [0.3, 0.4) is 0 Å². The molecule has 1 unspecified atom stereocenters. The summed E-state index contributed by atoms with van der Waals surface area (Å²) in [6.45, 7) is 0.260. The van der Waals surface area contributed by atoms with E-state index in [1.165, 1.54) is 0 Å². The van der Waals surface area contributed by atoms with Gasteiger partial charge >= 0.3 is 0 Å². The quantitative estimate of drug-likeness (QED) is 0.858. The molecule has 0 aliphatic heterocycles. The molecule has 0 saturated carbocycles. The van der Waals surface area contributed by atoms with Crippen molar-refractivity contribution in [1.82, 2.24) is 0 Å². The van der Waals surface area contributed by atoms with Crippen LogP contribution >= 0.6 is 15.9 Å². The number of aliphatic hydroxyl groups excluding tert-OH is 1. The minimum absolute atomic E-state index is 0.260. The van der Waals surface area contributed by atoms with Crippen molar-refractivity contribution in [2.24, 2.45) is 5.73 Å². The monoisotopic (exact) mass is 259 g/mol. The molecule has 0 aromatic heterocycles. The number of hydrogen-bond acceptors (Lipinski definition) is 3. The summed E-state index contributed by atoms with van der Waals surface area (Å²) >= 11 is 3.38. The number of hydrogen-bond donors (Lipinski definition) is 2. The van der Waals surface area contributed by atoms with Gasteiger partial charge in [0, 0.05) is 13.0 Å². The summed E-state index contributed by atoms with van der Waals surface area (Å²) in [5, 5.41) is 9.43. The molecule has 4 heteroatoms. The summed E-state index contributed by atoms with van der Waals surface area (Å²) in [4.78, 5) is 0. The molecule has 0 saturated heterocycles. The maximum atomic E-state index is 9.43. The van der Waals surface area contributed by atoms with Crippen LogP contribution < -0.4 is 10.5 Å². The Bertz CT molecular complexity index is 304. The predicted octanol–water partition coefficient (Wildman–Crippen LogP) is 1.32. The Morgan fingerprint density at radius 2 is 2.29 bits per heavy atom. The molecule has 0 aliphatic carbocycles. The van der Waals surface area contributed by atoms with Crippen LogP contribution in [-0.4, -0.2) is 24.9 Å². The summed E-state index contributed by atoms with van der Waals surface area (Å²) in [7, 11) is 1.61. The van der Waals surface area contributed by atoms with Gasteiger partial charge in [0.15, 0.2) is 0 Å². The average Bonchev–Trinajstić information content (AvgIpc) is 2.18. The molecule has 1 atom stereocenters. The average molecular weight is 260 g/mol. The van der Waals surface area contributed by atoms with Gasteiger partial charge in [0.05, 0.1) is 17.7 Å². The Morgan fingerprint density at radius 1 is 1.57 bits per heavy atom. The summed E-state index contributed by atoms with van der Waals surface area (Å²) in [6, 6.07) is 5.73. The van der Waals surface area contributed by atoms with Crippen LogP contribution in [-0.2, 0) is 6.42 Å². The Kier molecular flexibility index (Phi) is 4.38. The van der Waals surface area contributed by atoms with Crippen LogP contribution in [0.2, 0.25) is 0 Å². The first kappa shape index (κ1) is 11.5. The van der Waals surface area contributed by atoms with E-state index < -0.39 is 6.10 Å². The molecule has 3 nitrogen and oxygen atoms in total. The van der Waals surface area contributed by atoms with Crippen molar-refractivity contribution in [1.29, 1.82) is 0 Å². The Hall–Kier alpha value is -0.580. The molecule has 0 spiro atoms. The number of rotatable bonds is 4. The van der Waals surface area contributed by atoms with Gasteiger partial charge in [-0.25, -0.2) is 0 Å². The summed E-state index contributed by atoms with van der Waals surface area (Å²) in [5.41, 5.74) is 6.31. The molecule has 0 amide bonds. The van der Waals surface area contributed by atoms with Crippen molar-refractivity contribution in [2.45, 2.75) is 12.5 Å². The predicted molar refractivity (Wildman–Crippen MR) is 59.5 cm³/mol. The minimum Gasteiger partial charge on any atom is -0.495 e. The second kappa shape index (κ2) is 5.34. The van der Waals surface area contributed by atoms with Crippen molar-refractivity contribution in [3.05, 3.63) is 28.2 Å². The number of nitrogens with two attached hydrogens (primary N) is 1. The molecule has 0 fully saturated rings. The normalized spacial score (nSPS) is 12.6. The van der Waals surface area contributed by atoms with Gasteiger partial charge in [0.1, 0.15) is 5.75 Å². The lowest BCUT2D eigenvalue weighted by Crippen LogP contribution is -2.22. The lowest BCUT2D eigenvalue weighted by Gasteiger charge is -2.12. The zero-order chi connectivity index (χ0) is 10.6. The molecule has 0 aliphatic rings. The third-order valence-corrected chi connectivity index (χ3v) is 2.60. The Labute approximate surface area is 92.0 Å². The van der Waals surface area contributed by atoms with Gasteiger partial charge in [-0.15, -0.1) is 0 Å². The van der Waals surface area contributed by atoms with Gasteiger partial charge in [-0.3, -0.25) is 0 Å². The molecule has 0 bridgehead atoms. The lowest BCUT2D eigenvalue weighted by atomic mass is 10.1. The zero-order valence-corrected chi connectivity index (χ0v) is 9.62. The molecule has 78 valence electrons. The fourth-order valence-corrected chi connectivity index (χ4v) is 1.85. The standard InChI is InChI=1S/C10H14BrNO2/c1-14-10-7(5-8(13)6-12)3-2-4-9(10)11/h2-4,8,13H,5-6,12H2,1H3. The van der Waals surface area contributed by atoms with Crippen LogP contribution in [0.15, 0.2) is 22.7 Å². The van der Waals surface area contributed by atoms with Crippen LogP contribution in [0.25, 0.3) is 0 Å². The van der Waals surface area contributed by atoms with E-state index in [9.17, 15) is 5.11 Å². The highest BCUT2D eigenvalue weighted by molar-refractivity contribution is 9.10. The van der Waals surface area contributed by atoms with Crippen LogP contribution in [0.5, 0.6) is 5.75 Å². The third kappa shape index (κ3) is 2.70. The smallest absolute Gasteiger partial charge is 0.136 e. The molecular weight excluding hydrogens is 246 g/mol. The Morgan fingerprint density at radius 3 is 2.86 bits per heavy atom. The lowest BCUT2D eigenvalue weighted by molar-refractivity contribution is 0.182. The van der Waals surface area contributed by atoms with E-state index >= 15 is 0 Å². The second-order valence-corrected chi connectivity index (χ2v) is 3.88. The van der Waals surface area contributed by atoms with Gasteiger partial charge in [0.25, 0.3) is 0 Å². The van der Waals surface area contributed by atoms with Gasteiger partial charge in [-0.05, 0) is 27.6 Å². The van der Waals surface area contributed by atoms with Crippen molar-refractivity contribution >= 4 is 15.9 Å². The third-order valence-electron chi connectivity index (χ3n) is 1.98. The minimum atomic E-state index is -0.516. The highest BCUT2D eigenvalue weighted by Crippen LogP contribution is 2.29. The summed E-state index contributed by atoms with van der Waals surface area (Å²) in [5.74, 6) is 0.764. The fourth-order valence-electron chi connectivity index (χ4n) is 1.28. The number of ether oxygens (including phenoxy) is 1. The molecule has 14 heavy (non-hydrogen) atoms. The number of aliphatic hydroxyl groups is 1. The van der Waals surface area contributed by atoms with E-state index in [0.717, 1.165) is 15.8 Å². The van der Waals surface area contributed by atoms with Crippen molar-refractivity contribution in [2.75, 3.05) is 13.7 Å². The highest BCUT2D eigenvalue weighted by Gasteiger charge is 2.10. The summed E-state index contributed by atoms with van der Waals surface area (Å²) < 4.78 is 6.11. The Balaban J connectivity index is 2.90.